The number of rotatable bonds is 4. The Kier molecular flexibility index (Phi) is 4.51. The van der Waals surface area contributed by atoms with Crippen LogP contribution in [-0.4, -0.2) is 19.3 Å². The van der Waals surface area contributed by atoms with Crippen LogP contribution >= 0.6 is 11.6 Å². The number of hydrogen-bond acceptors (Lipinski definition) is 3. The van der Waals surface area contributed by atoms with E-state index >= 15 is 0 Å². The lowest BCUT2D eigenvalue weighted by atomic mass is 10.1. The predicted octanol–water partition coefficient (Wildman–Crippen LogP) is 3.29. The van der Waals surface area contributed by atoms with Gasteiger partial charge in [0, 0.05) is 13.2 Å². The smallest absolute Gasteiger partial charge is 0.0739 e. The molecule has 1 fully saturated rings. The standard InChI is InChI=1S/C13H19ClN2O/c14-11-5-3-6-12(13(11)15)16-8-7-10-4-1-2-9-17-10/h3,5-6,10,16H,1-2,4,7-9,15H2. The Bertz CT molecular complexity index is 364. The first-order chi connectivity index (χ1) is 8.27. The summed E-state index contributed by atoms with van der Waals surface area (Å²) < 4.78 is 5.67. The first kappa shape index (κ1) is 12.5. The highest BCUT2D eigenvalue weighted by atomic mass is 35.5. The fraction of sp³-hybridized carbons (Fsp3) is 0.538. The number of hydrogen-bond donors (Lipinski definition) is 2. The van der Waals surface area contributed by atoms with Crippen molar-refractivity contribution in [1.29, 1.82) is 0 Å². The molecule has 0 spiro atoms. The Labute approximate surface area is 107 Å². The molecule has 0 radical (unpaired) electrons. The molecule has 0 amide bonds. The van der Waals surface area contributed by atoms with Gasteiger partial charge in [0.25, 0.3) is 0 Å². The van der Waals surface area contributed by atoms with Gasteiger partial charge in [-0.1, -0.05) is 17.7 Å². The van der Waals surface area contributed by atoms with Crippen molar-refractivity contribution in [1.82, 2.24) is 0 Å². The number of benzene rings is 1. The lowest BCUT2D eigenvalue weighted by molar-refractivity contribution is 0.0134. The van der Waals surface area contributed by atoms with E-state index in [1.165, 1.54) is 19.3 Å². The summed E-state index contributed by atoms with van der Waals surface area (Å²) in [6, 6.07) is 5.65. The predicted molar refractivity (Wildman–Crippen MR) is 72.6 cm³/mol. The number of nitrogen functional groups attached to an aromatic ring is 1. The van der Waals surface area contributed by atoms with Crippen molar-refractivity contribution in [3.05, 3.63) is 23.2 Å². The van der Waals surface area contributed by atoms with Crippen molar-refractivity contribution >= 4 is 23.0 Å². The van der Waals surface area contributed by atoms with Crippen LogP contribution in [0.2, 0.25) is 5.02 Å². The van der Waals surface area contributed by atoms with Crippen LogP contribution < -0.4 is 11.1 Å². The second kappa shape index (κ2) is 6.12. The SMILES string of the molecule is Nc1c(Cl)cccc1NCCC1CCCCO1. The van der Waals surface area contributed by atoms with Crippen molar-refractivity contribution in [2.45, 2.75) is 31.8 Å². The number of nitrogens with two attached hydrogens (primary N) is 1. The molecule has 0 aliphatic carbocycles. The van der Waals surface area contributed by atoms with Gasteiger partial charge in [0.2, 0.25) is 0 Å². The van der Waals surface area contributed by atoms with E-state index in [9.17, 15) is 0 Å². The molecule has 1 unspecified atom stereocenters. The number of ether oxygens (including phenoxy) is 1. The zero-order chi connectivity index (χ0) is 12.1. The third-order valence-electron chi connectivity index (χ3n) is 3.11. The molecule has 1 aliphatic rings. The molecule has 1 saturated heterocycles. The second-order valence-electron chi connectivity index (χ2n) is 4.41. The Morgan fingerprint density at radius 3 is 3.06 bits per heavy atom. The van der Waals surface area contributed by atoms with E-state index < -0.39 is 0 Å². The minimum absolute atomic E-state index is 0.400. The molecular weight excluding hydrogens is 236 g/mol. The molecule has 1 aromatic rings. The molecule has 4 heteroatoms. The van der Waals surface area contributed by atoms with Crippen LogP contribution in [0.1, 0.15) is 25.7 Å². The van der Waals surface area contributed by atoms with Crippen LogP contribution in [0.4, 0.5) is 11.4 Å². The van der Waals surface area contributed by atoms with Gasteiger partial charge in [0.15, 0.2) is 0 Å². The van der Waals surface area contributed by atoms with E-state index in [1.54, 1.807) is 6.07 Å². The summed E-state index contributed by atoms with van der Waals surface area (Å²) in [6.45, 7) is 1.78. The Morgan fingerprint density at radius 1 is 1.41 bits per heavy atom. The van der Waals surface area contributed by atoms with Gasteiger partial charge >= 0.3 is 0 Å². The van der Waals surface area contributed by atoms with Gasteiger partial charge in [0.1, 0.15) is 0 Å². The zero-order valence-electron chi connectivity index (χ0n) is 9.92. The minimum atomic E-state index is 0.400. The molecule has 0 saturated carbocycles. The van der Waals surface area contributed by atoms with E-state index in [0.717, 1.165) is 25.3 Å². The first-order valence-electron chi connectivity index (χ1n) is 6.17. The second-order valence-corrected chi connectivity index (χ2v) is 4.81. The molecule has 1 aromatic carbocycles. The van der Waals surface area contributed by atoms with Gasteiger partial charge in [-0.15, -0.1) is 0 Å². The van der Waals surface area contributed by atoms with Crippen LogP contribution in [0.25, 0.3) is 0 Å². The van der Waals surface area contributed by atoms with Crippen molar-refractivity contribution in [3.8, 4) is 0 Å². The van der Waals surface area contributed by atoms with Gasteiger partial charge in [-0.3, -0.25) is 0 Å². The zero-order valence-corrected chi connectivity index (χ0v) is 10.7. The maximum atomic E-state index is 5.95. The Hall–Kier alpha value is -0.930. The average Bonchev–Trinajstić information content (AvgIpc) is 2.36. The highest BCUT2D eigenvalue weighted by molar-refractivity contribution is 6.33. The third-order valence-corrected chi connectivity index (χ3v) is 3.44. The van der Waals surface area contributed by atoms with E-state index in [2.05, 4.69) is 5.32 Å². The summed E-state index contributed by atoms with van der Waals surface area (Å²) >= 11 is 5.95. The molecule has 1 aliphatic heterocycles. The Morgan fingerprint density at radius 2 is 2.29 bits per heavy atom. The van der Waals surface area contributed by atoms with Crippen molar-refractivity contribution in [2.24, 2.45) is 0 Å². The molecule has 3 N–H and O–H groups in total. The van der Waals surface area contributed by atoms with Crippen LogP contribution in [0.5, 0.6) is 0 Å². The monoisotopic (exact) mass is 254 g/mol. The number of para-hydroxylation sites is 1. The normalized spacial score (nSPS) is 20.2. The van der Waals surface area contributed by atoms with Crippen LogP contribution in [-0.2, 0) is 4.74 Å². The molecule has 0 aromatic heterocycles. The summed E-state index contributed by atoms with van der Waals surface area (Å²) in [7, 11) is 0. The van der Waals surface area contributed by atoms with E-state index in [-0.39, 0.29) is 0 Å². The lowest BCUT2D eigenvalue weighted by Crippen LogP contribution is -2.22. The lowest BCUT2D eigenvalue weighted by Gasteiger charge is -2.22. The van der Waals surface area contributed by atoms with Crippen LogP contribution in [0, 0.1) is 0 Å². The summed E-state index contributed by atoms with van der Waals surface area (Å²) in [4.78, 5) is 0. The topological polar surface area (TPSA) is 47.3 Å². The molecule has 94 valence electrons. The van der Waals surface area contributed by atoms with Gasteiger partial charge < -0.3 is 15.8 Å². The molecule has 0 bridgehead atoms. The number of anilines is 2. The third kappa shape index (κ3) is 3.51. The fourth-order valence-corrected chi connectivity index (χ4v) is 2.27. The number of nitrogens with one attached hydrogen (secondary N) is 1. The molecule has 1 atom stereocenters. The Balaban J connectivity index is 1.79. The van der Waals surface area contributed by atoms with Gasteiger partial charge in [-0.25, -0.2) is 0 Å². The molecule has 2 rings (SSSR count). The van der Waals surface area contributed by atoms with Crippen LogP contribution in [0.3, 0.4) is 0 Å². The maximum absolute atomic E-state index is 5.95. The van der Waals surface area contributed by atoms with Gasteiger partial charge in [-0.05, 0) is 37.8 Å². The molecule has 1 heterocycles. The summed E-state index contributed by atoms with van der Waals surface area (Å²) in [5, 5.41) is 3.91. The maximum Gasteiger partial charge on any atom is 0.0739 e. The van der Waals surface area contributed by atoms with Gasteiger partial charge in [0.05, 0.1) is 22.5 Å². The van der Waals surface area contributed by atoms with Crippen molar-refractivity contribution in [2.75, 3.05) is 24.2 Å². The highest BCUT2D eigenvalue weighted by Gasteiger charge is 2.13. The molecule has 3 nitrogen and oxygen atoms in total. The number of halogens is 1. The largest absolute Gasteiger partial charge is 0.396 e. The highest BCUT2D eigenvalue weighted by Crippen LogP contribution is 2.26. The first-order valence-corrected chi connectivity index (χ1v) is 6.54. The van der Waals surface area contributed by atoms with Crippen molar-refractivity contribution < 1.29 is 4.74 Å². The quantitative estimate of drug-likeness (QED) is 0.811. The summed E-state index contributed by atoms with van der Waals surface area (Å²) in [6.07, 6.45) is 5.07. The van der Waals surface area contributed by atoms with Crippen LogP contribution in [0.15, 0.2) is 18.2 Å². The molecular formula is C13H19ClN2O. The van der Waals surface area contributed by atoms with E-state index in [1.807, 2.05) is 12.1 Å². The molecule has 17 heavy (non-hydrogen) atoms. The van der Waals surface area contributed by atoms with Crippen molar-refractivity contribution in [3.63, 3.8) is 0 Å². The van der Waals surface area contributed by atoms with E-state index in [4.69, 9.17) is 22.1 Å². The van der Waals surface area contributed by atoms with Gasteiger partial charge in [-0.2, -0.15) is 0 Å². The average molecular weight is 255 g/mol. The van der Waals surface area contributed by atoms with E-state index in [0.29, 0.717) is 16.8 Å². The summed E-state index contributed by atoms with van der Waals surface area (Å²) in [5.41, 5.74) is 7.41. The summed E-state index contributed by atoms with van der Waals surface area (Å²) in [5.74, 6) is 0. The fourth-order valence-electron chi connectivity index (χ4n) is 2.09. The minimum Gasteiger partial charge on any atom is -0.396 e.